The third-order valence-electron chi connectivity index (χ3n) is 5.75. The van der Waals surface area contributed by atoms with Crippen LogP contribution in [0.1, 0.15) is 54.9 Å². The fraction of sp³-hybridized carbons (Fsp3) is 0.280. The van der Waals surface area contributed by atoms with Crippen LogP contribution in [0.5, 0.6) is 0 Å². The number of likely N-dealkylation sites (N-methyl/N-ethyl adjacent to an activating group) is 1. The number of carbonyl (C=O) groups is 1. The van der Waals surface area contributed by atoms with Gasteiger partial charge in [-0.2, -0.15) is 5.10 Å². The predicted octanol–water partition coefficient (Wildman–Crippen LogP) is 6.29. The molecule has 1 aromatic heterocycles. The van der Waals surface area contributed by atoms with E-state index in [-0.39, 0.29) is 17.2 Å². The zero-order chi connectivity index (χ0) is 22.3. The second kappa shape index (κ2) is 8.00. The molecule has 1 aliphatic rings. The van der Waals surface area contributed by atoms with Crippen LogP contribution in [-0.2, 0) is 0 Å². The van der Waals surface area contributed by atoms with Crippen LogP contribution in [0.2, 0.25) is 0 Å². The van der Waals surface area contributed by atoms with Gasteiger partial charge in [0, 0.05) is 27.7 Å². The van der Waals surface area contributed by atoms with Crippen molar-refractivity contribution >= 4 is 50.3 Å². The minimum atomic E-state index is -0.380. The lowest BCUT2D eigenvalue weighted by Crippen LogP contribution is -2.45. The van der Waals surface area contributed by atoms with E-state index in [1.807, 2.05) is 18.2 Å². The van der Waals surface area contributed by atoms with E-state index in [1.54, 1.807) is 12.3 Å². The number of aryl methyl sites for hydroxylation is 1. The number of rotatable bonds is 4. The van der Waals surface area contributed by atoms with E-state index < -0.39 is 0 Å². The summed E-state index contributed by atoms with van der Waals surface area (Å²) in [5.74, 6) is -0.152. The van der Waals surface area contributed by atoms with E-state index in [9.17, 15) is 4.79 Å². The van der Waals surface area contributed by atoms with Crippen LogP contribution in [0.4, 0.5) is 5.69 Å². The fourth-order valence-electron chi connectivity index (χ4n) is 4.30. The Hall–Kier alpha value is -2.86. The molecule has 0 saturated carbocycles. The van der Waals surface area contributed by atoms with Gasteiger partial charge in [0.2, 0.25) is 0 Å². The fourth-order valence-corrected chi connectivity index (χ4v) is 4.68. The minimum Gasteiger partial charge on any atom is -0.451 e. The minimum absolute atomic E-state index is 0.0238. The van der Waals surface area contributed by atoms with Crippen molar-refractivity contribution < 1.29 is 9.21 Å². The number of hydrazone groups is 1. The molecule has 6 heteroatoms. The largest absolute Gasteiger partial charge is 0.451 e. The van der Waals surface area contributed by atoms with Gasteiger partial charge in [-0.15, -0.1) is 0 Å². The highest BCUT2D eigenvalue weighted by Crippen LogP contribution is 2.39. The molecular formula is C25H26BrN3O2. The number of hydrogen-bond donors (Lipinski definition) is 1. The Morgan fingerprint density at radius 3 is 2.74 bits per heavy atom. The molecule has 5 nitrogen and oxygen atoms in total. The highest BCUT2D eigenvalue weighted by molar-refractivity contribution is 9.10. The smallest absolute Gasteiger partial charge is 0.307 e. The molecule has 160 valence electrons. The van der Waals surface area contributed by atoms with Gasteiger partial charge in [0.05, 0.1) is 11.8 Å². The molecule has 4 rings (SSSR count). The molecule has 0 atom stereocenters. The van der Waals surface area contributed by atoms with Crippen LogP contribution in [0.25, 0.3) is 16.5 Å². The molecule has 0 radical (unpaired) electrons. The first kappa shape index (κ1) is 21.4. The monoisotopic (exact) mass is 479 g/mol. The van der Waals surface area contributed by atoms with Crippen molar-refractivity contribution in [1.82, 2.24) is 5.43 Å². The Bertz CT molecular complexity index is 1240. The van der Waals surface area contributed by atoms with Crippen molar-refractivity contribution in [2.45, 2.75) is 40.2 Å². The highest BCUT2D eigenvalue weighted by Gasteiger charge is 2.30. The molecule has 0 spiro atoms. The molecule has 0 bridgehead atoms. The molecule has 1 aliphatic heterocycles. The number of allylic oxidation sites excluding steroid dienone is 1. The Kier molecular flexibility index (Phi) is 5.52. The number of anilines is 1. The van der Waals surface area contributed by atoms with Gasteiger partial charge in [-0.1, -0.05) is 22.0 Å². The first-order chi connectivity index (χ1) is 14.7. The van der Waals surface area contributed by atoms with E-state index in [0.29, 0.717) is 5.58 Å². The quantitative estimate of drug-likeness (QED) is 0.353. The summed E-state index contributed by atoms with van der Waals surface area (Å²) < 4.78 is 6.56. The molecule has 0 fully saturated rings. The standard InChI is InChI=1S/C25H26BrN3O2/c1-6-29-21-9-15(2)18(11-20(21)16(3)13-25(29,4)5)14-27-28-24(30)23-12-17-10-19(26)7-8-22(17)31-23/h7-14H,6H2,1-5H3,(H,28,30)/b27-14+. The Labute approximate surface area is 190 Å². The summed E-state index contributed by atoms with van der Waals surface area (Å²) in [6, 6.07) is 11.7. The summed E-state index contributed by atoms with van der Waals surface area (Å²) in [6.45, 7) is 11.8. The number of halogens is 1. The van der Waals surface area contributed by atoms with Crippen LogP contribution in [0.3, 0.4) is 0 Å². The molecule has 0 saturated heterocycles. The Balaban J connectivity index is 1.56. The SMILES string of the molecule is CCN1c2cc(C)c(/C=N/NC(=O)c3cc4cc(Br)ccc4o3)cc2C(C)=CC1(C)C. The van der Waals surface area contributed by atoms with Gasteiger partial charge >= 0.3 is 5.91 Å². The molecule has 2 heterocycles. The highest BCUT2D eigenvalue weighted by atomic mass is 79.9. The molecule has 31 heavy (non-hydrogen) atoms. The molecule has 1 N–H and O–H groups in total. The van der Waals surface area contributed by atoms with Crippen LogP contribution < -0.4 is 10.3 Å². The summed E-state index contributed by atoms with van der Waals surface area (Å²) in [5.41, 5.74) is 8.97. The third-order valence-corrected chi connectivity index (χ3v) is 6.25. The van der Waals surface area contributed by atoms with Gasteiger partial charge in [0.15, 0.2) is 5.76 Å². The van der Waals surface area contributed by atoms with Gasteiger partial charge < -0.3 is 9.32 Å². The van der Waals surface area contributed by atoms with Gasteiger partial charge in [-0.05, 0) is 87.7 Å². The number of furan rings is 1. The van der Waals surface area contributed by atoms with Crippen molar-refractivity contribution in [3.8, 4) is 0 Å². The second-order valence-corrected chi connectivity index (χ2v) is 9.36. The van der Waals surface area contributed by atoms with Gasteiger partial charge in [-0.25, -0.2) is 5.43 Å². The summed E-state index contributed by atoms with van der Waals surface area (Å²) in [7, 11) is 0. The van der Waals surface area contributed by atoms with E-state index >= 15 is 0 Å². The number of fused-ring (bicyclic) bond motifs is 2. The topological polar surface area (TPSA) is 57.8 Å². The number of amides is 1. The zero-order valence-corrected chi connectivity index (χ0v) is 20.0. The molecule has 1 amide bonds. The molecular weight excluding hydrogens is 454 g/mol. The lowest BCUT2D eigenvalue weighted by molar-refractivity contribution is 0.0929. The summed E-state index contributed by atoms with van der Waals surface area (Å²) in [5, 5.41) is 5.04. The number of hydrogen-bond acceptors (Lipinski definition) is 4. The molecule has 3 aromatic rings. The molecule has 0 unspecified atom stereocenters. The van der Waals surface area contributed by atoms with E-state index in [2.05, 4.69) is 84.2 Å². The van der Waals surface area contributed by atoms with Gasteiger partial charge in [0.1, 0.15) is 5.58 Å². The number of nitrogens with zero attached hydrogens (tertiary/aromatic N) is 2. The normalized spacial score (nSPS) is 15.3. The van der Waals surface area contributed by atoms with Crippen molar-refractivity contribution in [2.75, 3.05) is 11.4 Å². The lowest BCUT2D eigenvalue weighted by atomic mass is 9.87. The van der Waals surface area contributed by atoms with Crippen LogP contribution >= 0.6 is 15.9 Å². The van der Waals surface area contributed by atoms with Crippen molar-refractivity contribution in [3.05, 3.63) is 69.4 Å². The molecule has 2 aromatic carbocycles. The average Bonchev–Trinajstić information content (AvgIpc) is 3.11. The van der Waals surface area contributed by atoms with E-state index in [4.69, 9.17) is 4.42 Å². The van der Waals surface area contributed by atoms with Crippen molar-refractivity contribution in [1.29, 1.82) is 0 Å². The van der Waals surface area contributed by atoms with E-state index in [0.717, 1.165) is 27.5 Å². The third kappa shape index (κ3) is 4.04. The summed E-state index contributed by atoms with van der Waals surface area (Å²) >= 11 is 3.43. The lowest BCUT2D eigenvalue weighted by Gasteiger charge is -2.43. The maximum Gasteiger partial charge on any atom is 0.307 e. The van der Waals surface area contributed by atoms with Gasteiger partial charge in [-0.3, -0.25) is 4.79 Å². The first-order valence-corrected chi connectivity index (χ1v) is 11.1. The first-order valence-electron chi connectivity index (χ1n) is 10.3. The van der Waals surface area contributed by atoms with Crippen molar-refractivity contribution in [3.63, 3.8) is 0 Å². The Morgan fingerprint density at radius 2 is 2.00 bits per heavy atom. The maximum absolute atomic E-state index is 12.5. The Morgan fingerprint density at radius 1 is 1.23 bits per heavy atom. The summed E-state index contributed by atoms with van der Waals surface area (Å²) in [4.78, 5) is 14.9. The van der Waals surface area contributed by atoms with Crippen LogP contribution in [-0.4, -0.2) is 24.2 Å². The van der Waals surface area contributed by atoms with Crippen molar-refractivity contribution in [2.24, 2.45) is 5.10 Å². The predicted molar refractivity (Wildman–Crippen MR) is 131 cm³/mol. The number of carbonyl (C=O) groups excluding carboxylic acids is 1. The average molecular weight is 480 g/mol. The zero-order valence-electron chi connectivity index (χ0n) is 18.4. The number of nitrogens with one attached hydrogen (secondary N) is 1. The van der Waals surface area contributed by atoms with Crippen LogP contribution in [0, 0.1) is 6.92 Å². The molecule has 0 aliphatic carbocycles. The maximum atomic E-state index is 12.5. The second-order valence-electron chi connectivity index (χ2n) is 8.44. The number of benzene rings is 2. The summed E-state index contributed by atoms with van der Waals surface area (Å²) in [6.07, 6.45) is 3.99. The van der Waals surface area contributed by atoms with Crippen LogP contribution in [0.15, 0.2) is 56.5 Å². The van der Waals surface area contributed by atoms with Gasteiger partial charge in [0.25, 0.3) is 0 Å². The van der Waals surface area contributed by atoms with E-state index in [1.165, 1.54) is 16.8 Å².